The van der Waals surface area contributed by atoms with Gasteiger partial charge in [0, 0.05) is 67.4 Å². The van der Waals surface area contributed by atoms with Crippen LogP contribution in [-0.2, 0) is 7.05 Å². The fourth-order valence-corrected chi connectivity index (χ4v) is 4.52. The first-order chi connectivity index (χ1) is 14.7. The van der Waals surface area contributed by atoms with E-state index in [1.165, 1.54) is 11.5 Å². The van der Waals surface area contributed by atoms with E-state index in [-0.39, 0.29) is 6.03 Å². The molecule has 0 unspecified atom stereocenters. The molecule has 30 heavy (non-hydrogen) atoms. The number of piperazine rings is 1. The molecule has 0 bridgehead atoms. The summed E-state index contributed by atoms with van der Waals surface area (Å²) in [6, 6.07) is 18.0. The van der Waals surface area contributed by atoms with Crippen LogP contribution in [0.2, 0.25) is 0 Å². The van der Waals surface area contributed by atoms with Crippen LogP contribution in [0.4, 0.5) is 15.6 Å². The quantitative estimate of drug-likeness (QED) is 0.545. The summed E-state index contributed by atoms with van der Waals surface area (Å²) >= 11 is 1.41. The standard InChI is InChI=1S/C22H22N6OS/c1-26-15-18(17-9-5-6-10-19(17)26)23-21(29)27-11-13-28(14-12-27)22-24-20(25-30-22)16-7-3-2-4-8-16/h2-10,15H,11-14H2,1H3,(H,23,29). The molecule has 152 valence electrons. The Balaban J connectivity index is 1.23. The number of rotatable bonds is 3. The largest absolute Gasteiger partial charge is 0.348 e. The molecule has 1 fully saturated rings. The van der Waals surface area contributed by atoms with Gasteiger partial charge in [0.1, 0.15) is 0 Å². The molecular weight excluding hydrogens is 396 g/mol. The molecule has 1 aliphatic heterocycles. The van der Waals surface area contributed by atoms with Gasteiger partial charge in [-0.3, -0.25) is 0 Å². The molecule has 0 saturated carbocycles. The number of nitrogens with one attached hydrogen (secondary N) is 1. The molecule has 5 rings (SSSR count). The minimum atomic E-state index is -0.0618. The first kappa shape index (κ1) is 18.6. The van der Waals surface area contributed by atoms with Crippen molar-refractivity contribution in [3.63, 3.8) is 0 Å². The Labute approximate surface area is 178 Å². The molecule has 1 saturated heterocycles. The number of hydrogen-bond donors (Lipinski definition) is 1. The maximum absolute atomic E-state index is 12.8. The van der Waals surface area contributed by atoms with Crippen LogP contribution in [-0.4, -0.2) is 51.0 Å². The summed E-state index contributed by atoms with van der Waals surface area (Å²) in [4.78, 5) is 21.6. The molecule has 1 N–H and O–H groups in total. The van der Waals surface area contributed by atoms with E-state index < -0.39 is 0 Å². The molecule has 3 heterocycles. The van der Waals surface area contributed by atoms with Gasteiger partial charge in [0.15, 0.2) is 5.82 Å². The molecule has 0 atom stereocenters. The van der Waals surface area contributed by atoms with E-state index in [0.717, 1.165) is 46.2 Å². The smallest absolute Gasteiger partial charge is 0.322 e. The predicted molar refractivity (Wildman–Crippen MR) is 121 cm³/mol. The lowest BCUT2D eigenvalue weighted by molar-refractivity contribution is 0.208. The van der Waals surface area contributed by atoms with Gasteiger partial charge in [-0.25, -0.2) is 4.79 Å². The summed E-state index contributed by atoms with van der Waals surface area (Å²) < 4.78 is 6.53. The second-order valence-corrected chi connectivity index (χ2v) is 8.07. The van der Waals surface area contributed by atoms with Crippen LogP contribution in [0.15, 0.2) is 60.8 Å². The Bertz CT molecular complexity index is 1180. The molecule has 0 radical (unpaired) electrons. The topological polar surface area (TPSA) is 66.3 Å². The van der Waals surface area contributed by atoms with Crippen molar-refractivity contribution in [2.45, 2.75) is 0 Å². The maximum atomic E-state index is 12.8. The summed E-state index contributed by atoms with van der Waals surface area (Å²) in [5.74, 6) is 0.756. The highest BCUT2D eigenvalue weighted by Crippen LogP contribution is 2.27. The summed E-state index contributed by atoms with van der Waals surface area (Å²) in [5.41, 5.74) is 2.97. The minimum Gasteiger partial charge on any atom is -0.348 e. The van der Waals surface area contributed by atoms with Crippen LogP contribution in [0.3, 0.4) is 0 Å². The highest BCUT2D eigenvalue weighted by Gasteiger charge is 2.24. The maximum Gasteiger partial charge on any atom is 0.322 e. The number of carbonyl (C=O) groups is 1. The van der Waals surface area contributed by atoms with Crippen LogP contribution in [0, 0.1) is 0 Å². The van der Waals surface area contributed by atoms with Gasteiger partial charge in [0.25, 0.3) is 0 Å². The van der Waals surface area contributed by atoms with Crippen molar-refractivity contribution in [1.29, 1.82) is 0 Å². The van der Waals surface area contributed by atoms with Crippen LogP contribution in [0.5, 0.6) is 0 Å². The first-order valence-corrected chi connectivity index (χ1v) is 10.7. The number of nitrogens with zero attached hydrogens (tertiary/aromatic N) is 5. The zero-order chi connectivity index (χ0) is 20.5. The van der Waals surface area contributed by atoms with E-state index in [9.17, 15) is 4.79 Å². The van der Waals surface area contributed by atoms with Crippen molar-refractivity contribution < 1.29 is 4.79 Å². The van der Waals surface area contributed by atoms with Crippen molar-refractivity contribution in [2.24, 2.45) is 7.05 Å². The molecular formula is C22H22N6OS. The molecule has 0 aliphatic carbocycles. The Morgan fingerprint density at radius 3 is 2.53 bits per heavy atom. The highest BCUT2D eigenvalue weighted by atomic mass is 32.1. The Morgan fingerprint density at radius 1 is 1.00 bits per heavy atom. The molecule has 7 nitrogen and oxygen atoms in total. The number of hydrogen-bond acceptors (Lipinski definition) is 5. The lowest BCUT2D eigenvalue weighted by Crippen LogP contribution is -2.50. The molecule has 1 aliphatic rings. The number of aromatic nitrogens is 3. The Hall–Kier alpha value is -3.39. The zero-order valence-electron chi connectivity index (χ0n) is 16.7. The van der Waals surface area contributed by atoms with Gasteiger partial charge in [-0.1, -0.05) is 48.5 Å². The number of benzene rings is 2. The van der Waals surface area contributed by atoms with Crippen molar-refractivity contribution in [3.05, 3.63) is 60.8 Å². The van der Waals surface area contributed by atoms with Crippen molar-refractivity contribution in [3.8, 4) is 11.4 Å². The number of anilines is 2. The van der Waals surface area contributed by atoms with Gasteiger partial charge in [-0.05, 0) is 6.07 Å². The van der Waals surface area contributed by atoms with Gasteiger partial charge >= 0.3 is 6.03 Å². The second-order valence-electron chi connectivity index (χ2n) is 7.34. The van der Waals surface area contributed by atoms with Gasteiger partial charge in [-0.2, -0.15) is 9.36 Å². The zero-order valence-corrected chi connectivity index (χ0v) is 17.5. The third-order valence-electron chi connectivity index (χ3n) is 5.42. The number of para-hydroxylation sites is 1. The predicted octanol–water partition coefficient (Wildman–Crippen LogP) is 4.05. The number of amides is 2. The first-order valence-electron chi connectivity index (χ1n) is 9.93. The Kier molecular flexibility index (Phi) is 4.84. The monoisotopic (exact) mass is 418 g/mol. The lowest BCUT2D eigenvalue weighted by atomic mass is 10.2. The fourth-order valence-electron chi connectivity index (χ4n) is 3.78. The third-order valence-corrected chi connectivity index (χ3v) is 6.20. The summed E-state index contributed by atoms with van der Waals surface area (Å²) in [7, 11) is 1.99. The Morgan fingerprint density at radius 2 is 1.73 bits per heavy atom. The van der Waals surface area contributed by atoms with E-state index >= 15 is 0 Å². The normalized spacial score (nSPS) is 14.3. The average molecular weight is 419 g/mol. The van der Waals surface area contributed by atoms with Crippen molar-refractivity contribution in [2.75, 3.05) is 36.4 Å². The van der Waals surface area contributed by atoms with Gasteiger partial charge in [0.2, 0.25) is 5.13 Å². The molecule has 2 aromatic heterocycles. The van der Waals surface area contributed by atoms with Crippen LogP contribution in [0.1, 0.15) is 0 Å². The highest BCUT2D eigenvalue weighted by molar-refractivity contribution is 7.09. The van der Waals surface area contributed by atoms with E-state index in [1.807, 2.05) is 71.2 Å². The molecule has 2 amide bonds. The SMILES string of the molecule is Cn1cc(NC(=O)N2CCN(c3nc(-c4ccccc4)ns3)CC2)c2ccccc21. The molecule has 2 aromatic carbocycles. The van der Waals surface area contributed by atoms with E-state index in [0.29, 0.717) is 13.1 Å². The molecule has 0 spiro atoms. The number of urea groups is 1. The number of aryl methyl sites for hydroxylation is 1. The summed E-state index contributed by atoms with van der Waals surface area (Å²) in [6.07, 6.45) is 1.96. The summed E-state index contributed by atoms with van der Waals surface area (Å²) in [5, 5.41) is 5.03. The second kappa shape index (κ2) is 7.79. The van der Waals surface area contributed by atoms with E-state index in [4.69, 9.17) is 4.98 Å². The van der Waals surface area contributed by atoms with Crippen LogP contribution in [0.25, 0.3) is 22.3 Å². The van der Waals surface area contributed by atoms with Crippen LogP contribution < -0.4 is 10.2 Å². The molecule has 4 aromatic rings. The number of fused-ring (bicyclic) bond motifs is 1. The van der Waals surface area contributed by atoms with Gasteiger partial charge in [-0.15, -0.1) is 0 Å². The average Bonchev–Trinajstić information content (AvgIpc) is 3.40. The van der Waals surface area contributed by atoms with Crippen molar-refractivity contribution >= 4 is 39.3 Å². The minimum absolute atomic E-state index is 0.0618. The van der Waals surface area contributed by atoms with Crippen LogP contribution >= 0.6 is 11.5 Å². The third kappa shape index (κ3) is 3.50. The van der Waals surface area contributed by atoms with Crippen molar-refractivity contribution in [1.82, 2.24) is 18.8 Å². The van der Waals surface area contributed by atoms with E-state index in [1.54, 1.807) is 0 Å². The lowest BCUT2D eigenvalue weighted by Gasteiger charge is -2.34. The van der Waals surface area contributed by atoms with Gasteiger partial charge in [0.05, 0.1) is 5.69 Å². The van der Waals surface area contributed by atoms with Gasteiger partial charge < -0.3 is 19.7 Å². The molecule has 8 heteroatoms. The van der Waals surface area contributed by atoms with E-state index in [2.05, 4.69) is 20.7 Å². The fraction of sp³-hybridized carbons (Fsp3) is 0.227. The number of carbonyl (C=O) groups excluding carboxylic acids is 1. The summed E-state index contributed by atoms with van der Waals surface area (Å²) in [6.45, 7) is 2.78.